The van der Waals surface area contributed by atoms with E-state index in [1.165, 1.54) is 0 Å². The number of aryl methyl sites for hydroxylation is 2. The second kappa shape index (κ2) is 6.91. The van der Waals surface area contributed by atoms with Gasteiger partial charge in [0.1, 0.15) is 0 Å². The lowest BCUT2D eigenvalue weighted by Crippen LogP contribution is -2.25. The van der Waals surface area contributed by atoms with Crippen LogP contribution >= 0.6 is 0 Å². The summed E-state index contributed by atoms with van der Waals surface area (Å²) in [4.78, 5) is 5.14. The Hall–Kier alpha value is -2.21. The van der Waals surface area contributed by atoms with E-state index in [0.717, 1.165) is 47.7 Å². The third-order valence-electron chi connectivity index (χ3n) is 4.17. The first-order chi connectivity index (χ1) is 10.8. The van der Waals surface area contributed by atoms with E-state index in [1.54, 1.807) is 12.1 Å². The molecule has 1 heterocycles. The minimum Gasteiger partial charge on any atom is -0.612 e. The molecular weight excluding hydrogens is 292 g/mol. The smallest absolute Gasteiger partial charge is 0.234 e. The van der Waals surface area contributed by atoms with Gasteiger partial charge in [-0.25, -0.2) is 0 Å². The molecule has 0 amide bonds. The molecule has 126 valence electrons. The molecule has 0 spiro atoms. The van der Waals surface area contributed by atoms with Gasteiger partial charge in [-0.15, -0.1) is 0 Å². The molecule has 1 aliphatic heterocycles. The molecule has 6 nitrogen and oxygen atoms in total. The third kappa shape index (κ3) is 3.59. The van der Waals surface area contributed by atoms with Gasteiger partial charge in [0.25, 0.3) is 0 Å². The molecule has 0 aromatic rings. The minimum atomic E-state index is -0.310. The molecule has 1 aliphatic carbocycles. The summed E-state index contributed by atoms with van der Waals surface area (Å²) in [6.45, 7) is 7.71. The van der Waals surface area contributed by atoms with E-state index in [4.69, 9.17) is 0 Å². The van der Waals surface area contributed by atoms with Crippen LogP contribution in [0.4, 0.5) is 5.69 Å². The van der Waals surface area contributed by atoms with Crippen molar-refractivity contribution in [2.24, 2.45) is 0 Å². The van der Waals surface area contributed by atoms with Gasteiger partial charge in [0.15, 0.2) is 0 Å². The lowest BCUT2D eigenvalue weighted by Gasteiger charge is -2.21. The number of nitrogens with one attached hydrogen (secondary N) is 2. The van der Waals surface area contributed by atoms with Crippen LogP contribution in [0.15, 0.2) is 12.1 Å². The van der Waals surface area contributed by atoms with Crippen molar-refractivity contribution < 1.29 is 0 Å². The number of benzene rings is 1. The van der Waals surface area contributed by atoms with Crippen LogP contribution in [0.25, 0.3) is 11.3 Å². The highest BCUT2D eigenvalue weighted by molar-refractivity contribution is 5.81. The summed E-state index contributed by atoms with van der Waals surface area (Å²) in [6.07, 6.45) is 0.977. The molecule has 0 saturated heterocycles. The highest BCUT2D eigenvalue weighted by atomic mass is 16.8. The van der Waals surface area contributed by atoms with E-state index >= 15 is 0 Å². The summed E-state index contributed by atoms with van der Waals surface area (Å²) >= 11 is 0. The fourth-order valence-corrected chi connectivity index (χ4v) is 2.75. The zero-order valence-corrected chi connectivity index (χ0v) is 14.5. The zero-order valence-electron chi connectivity index (χ0n) is 14.5. The number of aromatic amines is 1. The second-order valence-corrected chi connectivity index (χ2v) is 6.24. The molecule has 2 N–H and O–H groups in total. The zero-order chi connectivity index (χ0) is 17.1. The fourth-order valence-electron chi connectivity index (χ4n) is 2.75. The first-order valence-corrected chi connectivity index (χ1v) is 7.81. The Morgan fingerprint density at radius 3 is 2.48 bits per heavy atom. The quantitative estimate of drug-likeness (QED) is 0.654. The maximum atomic E-state index is 11.5. The van der Waals surface area contributed by atoms with Gasteiger partial charge in [-0.2, -0.15) is 4.90 Å². The Labute approximate surface area is 137 Å². The van der Waals surface area contributed by atoms with Crippen LogP contribution in [-0.4, -0.2) is 37.1 Å². The van der Waals surface area contributed by atoms with Gasteiger partial charge in [-0.3, -0.25) is 0 Å². The molecule has 23 heavy (non-hydrogen) atoms. The average molecular weight is 317 g/mol. The highest BCUT2D eigenvalue weighted by Crippen LogP contribution is 2.32. The van der Waals surface area contributed by atoms with Crippen LogP contribution in [0.2, 0.25) is 0 Å². The molecule has 0 bridgehead atoms. The number of fused-ring (bicyclic) bond motifs is 1. The van der Waals surface area contributed by atoms with Crippen LogP contribution in [0, 0.1) is 31.2 Å². The summed E-state index contributed by atoms with van der Waals surface area (Å²) in [5.41, 5.74) is 5.42. The lowest BCUT2D eigenvalue weighted by atomic mass is 9.97. The van der Waals surface area contributed by atoms with E-state index in [0.29, 0.717) is 5.56 Å². The van der Waals surface area contributed by atoms with Crippen LogP contribution in [-0.2, 0) is 0 Å². The first kappa shape index (κ1) is 17.1. The molecule has 0 saturated carbocycles. The molecule has 0 radical (unpaired) electrons. The van der Waals surface area contributed by atoms with Crippen molar-refractivity contribution in [2.45, 2.75) is 27.2 Å². The number of anilines is 1. The molecule has 0 aromatic carbocycles. The van der Waals surface area contributed by atoms with Crippen molar-refractivity contribution in [3.63, 3.8) is 0 Å². The van der Waals surface area contributed by atoms with Crippen LogP contribution in [0.3, 0.4) is 0 Å². The van der Waals surface area contributed by atoms with Crippen molar-refractivity contribution in [1.82, 2.24) is 14.8 Å². The molecule has 0 fully saturated rings. The fraction of sp³-hybridized carbons (Fsp3) is 0.471. The number of nitrogens with zero attached hydrogens (tertiary/aromatic N) is 2. The molecule has 0 aromatic heterocycles. The van der Waals surface area contributed by atoms with E-state index in [1.807, 2.05) is 34.9 Å². The maximum absolute atomic E-state index is 11.5. The molecule has 2 rings (SSSR count). The van der Waals surface area contributed by atoms with Gasteiger partial charge >= 0.3 is 0 Å². The highest BCUT2D eigenvalue weighted by Gasteiger charge is 2.20. The first-order valence-electron chi connectivity index (χ1n) is 7.81. The Kier molecular flexibility index (Phi) is 5.15. The van der Waals surface area contributed by atoms with Crippen molar-refractivity contribution in [2.75, 3.05) is 32.5 Å². The summed E-state index contributed by atoms with van der Waals surface area (Å²) < 4.78 is 0. The van der Waals surface area contributed by atoms with Gasteiger partial charge < -0.3 is 25.6 Å². The molecule has 0 unspecified atom stereocenters. The van der Waals surface area contributed by atoms with Crippen LogP contribution in [0.5, 0.6) is 0 Å². The van der Waals surface area contributed by atoms with Crippen molar-refractivity contribution >= 4 is 5.69 Å². The van der Waals surface area contributed by atoms with Crippen molar-refractivity contribution in [3.8, 4) is 11.3 Å². The van der Waals surface area contributed by atoms with E-state index < -0.39 is 0 Å². The summed E-state index contributed by atoms with van der Waals surface area (Å²) in [7, 11) is 4.08. The number of H-pyrrole nitrogens is 1. The summed E-state index contributed by atoms with van der Waals surface area (Å²) in [5.74, 6) is 0. The maximum Gasteiger partial charge on any atom is 0.234 e. The normalized spacial score (nSPS) is 11.2. The monoisotopic (exact) mass is 317 g/mol. The van der Waals surface area contributed by atoms with E-state index in [2.05, 4.69) is 15.2 Å². The standard InChI is InChI=1S/C17H25N4O2/c1-11-7-8-14(21(22)23)15-16(11)19-13(3)12(2)17(15)18-9-6-10-20(4)5/h7-8,18-19H,6,9-10H2,1-5H3/q-1. The Bertz CT molecular complexity index is 730. The summed E-state index contributed by atoms with van der Waals surface area (Å²) in [6, 6.07) is 3.38. The molecule has 0 atom stereocenters. The average Bonchev–Trinajstić information content (AvgIpc) is 2.47. The minimum absolute atomic E-state index is 0.139. The third-order valence-corrected chi connectivity index (χ3v) is 4.17. The topological polar surface area (TPSA) is 80.2 Å². The van der Waals surface area contributed by atoms with Crippen molar-refractivity contribution in [3.05, 3.63) is 44.7 Å². The van der Waals surface area contributed by atoms with Gasteiger partial charge in [-0.05, 0) is 59.0 Å². The largest absolute Gasteiger partial charge is 0.612 e. The van der Waals surface area contributed by atoms with E-state index in [9.17, 15) is 10.4 Å². The lowest BCUT2D eigenvalue weighted by molar-refractivity contribution is 0.405. The predicted octanol–water partition coefficient (Wildman–Crippen LogP) is 2.18. The van der Waals surface area contributed by atoms with Gasteiger partial charge in [-0.1, -0.05) is 6.07 Å². The van der Waals surface area contributed by atoms with Gasteiger partial charge in [0, 0.05) is 18.3 Å². The van der Waals surface area contributed by atoms with Gasteiger partial charge in [0.2, 0.25) is 5.36 Å². The Morgan fingerprint density at radius 1 is 1.17 bits per heavy atom. The molecular formula is C17H25N4O2-. The Balaban J connectivity index is 2.55. The SMILES string of the molecule is Cc1ccc(=[N+]([O-])[O-])c2c(NCCCN(C)C)c(C)c(C)[nH]c1-2. The van der Waals surface area contributed by atoms with Gasteiger partial charge in [0.05, 0.1) is 16.9 Å². The molecule has 6 heteroatoms. The number of hydrogen-bond donors (Lipinski definition) is 2. The number of rotatable bonds is 5. The van der Waals surface area contributed by atoms with E-state index in [-0.39, 0.29) is 10.3 Å². The summed E-state index contributed by atoms with van der Waals surface area (Å²) in [5, 5.41) is 26.5. The Morgan fingerprint density at radius 2 is 1.87 bits per heavy atom. The predicted molar refractivity (Wildman–Crippen MR) is 95.3 cm³/mol. The number of aromatic nitrogens is 1. The number of pyridine rings is 1. The second-order valence-electron chi connectivity index (χ2n) is 6.24. The molecule has 2 aliphatic rings. The van der Waals surface area contributed by atoms with Crippen LogP contribution in [0.1, 0.15) is 23.2 Å². The van der Waals surface area contributed by atoms with Crippen molar-refractivity contribution in [1.29, 1.82) is 0 Å². The number of hydrogen-bond acceptors (Lipinski definition) is 4. The van der Waals surface area contributed by atoms with Crippen LogP contribution < -0.4 is 15.6 Å².